The first-order valence-electron chi connectivity index (χ1n) is 8.46. The maximum absolute atomic E-state index is 4.62. The Hall–Kier alpha value is -3.47. The van der Waals surface area contributed by atoms with Crippen molar-refractivity contribution in [2.45, 2.75) is 13.8 Å². The molecule has 0 fully saturated rings. The molecule has 2 aromatic carbocycles. The smallest absolute Gasteiger partial charge is 0.147 e. The van der Waals surface area contributed by atoms with Crippen molar-refractivity contribution in [3.63, 3.8) is 0 Å². The van der Waals surface area contributed by atoms with Crippen molar-refractivity contribution in [1.29, 1.82) is 0 Å². The van der Waals surface area contributed by atoms with Gasteiger partial charge in [-0.1, -0.05) is 30.3 Å². The van der Waals surface area contributed by atoms with Crippen molar-refractivity contribution in [3.8, 4) is 5.69 Å². The maximum Gasteiger partial charge on any atom is 0.147 e. The molecule has 0 unspecified atom stereocenters. The summed E-state index contributed by atoms with van der Waals surface area (Å²) >= 11 is 0. The normalized spacial score (nSPS) is 11.7. The number of fused-ring (bicyclic) bond motifs is 1. The second-order valence-electron chi connectivity index (χ2n) is 6.17. The first-order chi connectivity index (χ1) is 12.7. The molecule has 2 heterocycles. The molecule has 5 heteroatoms. The minimum absolute atomic E-state index is 0.746. The Balaban J connectivity index is 1.55. The van der Waals surface area contributed by atoms with Crippen LogP contribution in [0.5, 0.6) is 0 Å². The Morgan fingerprint density at radius 3 is 2.65 bits per heavy atom. The lowest BCUT2D eigenvalue weighted by molar-refractivity contribution is 1.06. The summed E-state index contributed by atoms with van der Waals surface area (Å²) in [5, 5.41) is 5.65. The number of benzene rings is 2. The zero-order chi connectivity index (χ0) is 17.9. The summed E-state index contributed by atoms with van der Waals surface area (Å²) in [6.07, 6.45) is 5.47. The number of aryl methyl sites for hydroxylation is 1. The molecule has 0 saturated carbocycles. The summed E-state index contributed by atoms with van der Waals surface area (Å²) in [4.78, 5) is 8.69. The molecule has 0 atom stereocenters. The quantitative estimate of drug-likeness (QED) is 0.437. The number of nitrogens with zero attached hydrogens (tertiary/aromatic N) is 4. The predicted octanol–water partition coefficient (Wildman–Crippen LogP) is 4.57. The first-order valence-corrected chi connectivity index (χ1v) is 8.46. The molecule has 4 aromatic rings. The predicted molar refractivity (Wildman–Crippen MR) is 106 cm³/mol. The van der Waals surface area contributed by atoms with E-state index in [0.29, 0.717) is 0 Å². The lowest BCUT2D eigenvalue weighted by atomic mass is 10.1. The van der Waals surface area contributed by atoms with E-state index in [9.17, 15) is 0 Å². The number of anilines is 1. The standard InChI is InChI=1S/C21H19N5/c1-15-13-21(23-20-6-4-3-5-19(15)20)25-24-16(2)17-7-9-18(10-8-17)26-12-11-22-14-26/h3-14H,1-2H3,(H,23,25)/b24-16+. The molecule has 0 amide bonds. The number of hydrogen-bond acceptors (Lipinski definition) is 4. The van der Waals surface area contributed by atoms with Crippen LogP contribution in [0.2, 0.25) is 0 Å². The van der Waals surface area contributed by atoms with Crippen molar-refractivity contribution in [2.75, 3.05) is 5.43 Å². The van der Waals surface area contributed by atoms with Gasteiger partial charge in [0.1, 0.15) is 5.82 Å². The summed E-state index contributed by atoms with van der Waals surface area (Å²) in [5.74, 6) is 0.746. The van der Waals surface area contributed by atoms with Crippen molar-refractivity contribution >= 4 is 22.4 Å². The first kappa shape index (κ1) is 16.0. The second kappa shape index (κ2) is 6.80. The summed E-state index contributed by atoms with van der Waals surface area (Å²) in [6, 6.07) is 18.3. The van der Waals surface area contributed by atoms with Gasteiger partial charge < -0.3 is 4.57 Å². The Kier molecular flexibility index (Phi) is 4.19. The van der Waals surface area contributed by atoms with Gasteiger partial charge in [-0.15, -0.1) is 0 Å². The van der Waals surface area contributed by atoms with Crippen LogP contribution in [0, 0.1) is 6.92 Å². The van der Waals surface area contributed by atoms with Gasteiger partial charge >= 0.3 is 0 Å². The third-order valence-corrected chi connectivity index (χ3v) is 4.35. The number of pyridine rings is 1. The molecule has 5 nitrogen and oxygen atoms in total. The number of hydrogen-bond donors (Lipinski definition) is 1. The van der Waals surface area contributed by atoms with Crippen LogP contribution >= 0.6 is 0 Å². The topological polar surface area (TPSA) is 55.1 Å². The van der Waals surface area contributed by atoms with E-state index in [-0.39, 0.29) is 0 Å². The molecule has 4 rings (SSSR count). The van der Waals surface area contributed by atoms with Gasteiger partial charge in [0.25, 0.3) is 0 Å². The Bertz CT molecular complexity index is 1060. The Morgan fingerprint density at radius 2 is 1.88 bits per heavy atom. The van der Waals surface area contributed by atoms with Gasteiger partial charge in [0.2, 0.25) is 0 Å². The molecule has 0 aliphatic heterocycles. The molecule has 0 radical (unpaired) electrons. The fourth-order valence-electron chi connectivity index (χ4n) is 2.90. The Morgan fingerprint density at radius 1 is 1.08 bits per heavy atom. The molecule has 0 spiro atoms. The SMILES string of the molecule is C/C(=N\Nc1cc(C)c2ccccc2n1)c1ccc(-n2ccnc2)cc1. The summed E-state index contributed by atoms with van der Waals surface area (Å²) < 4.78 is 1.97. The van der Waals surface area contributed by atoms with E-state index in [2.05, 4.69) is 57.8 Å². The largest absolute Gasteiger partial charge is 0.306 e. The van der Waals surface area contributed by atoms with E-state index in [1.807, 2.05) is 42.0 Å². The van der Waals surface area contributed by atoms with E-state index in [0.717, 1.165) is 33.7 Å². The summed E-state index contributed by atoms with van der Waals surface area (Å²) in [5.41, 5.74) is 8.24. The number of imidazole rings is 1. The van der Waals surface area contributed by atoms with Crippen molar-refractivity contribution in [1.82, 2.24) is 14.5 Å². The average molecular weight is 341 g/mol. The van der Waals surface area contributed by atoms with E-state index in [1.165, 1.54) is 5.56 Å². The van der Waals surface area contributed by atoms with Crippen LogP contribution < -0.4 is 5.43 Å². The zero-order valence-corrected chi connectivity index (χ0v) is 14.7. The zero-order valence-electron chi connectivity index (χ0n) is 14.7. The minimum Gasteiger partial charge on any atom is -0.306 e. The number of rotatable bonds is 4. The fourth-order valence-corrected chi connectivity index (χ4v) is 2.90. The molecule has 0 bridgehead atoms. The summed E-state index contributed by atoms with van der Waals surface area (Å²) in [7, 11) is 0. The van der Waals surface area contributed by atoms with Crippen LogP contribution in [-0.2, 0) is 0 Å². The van der Waals surface area contributed by atoms with Crippen LogP contribution in [0.15, 0.2) is 78.4 Å². The minimum atomic E-state index is 0.746. The van der Waals surface area contributed by atoms with Crippen LogP contribution in [-0.4, -0.2) is 20.2 Å². The lowest BCUT2D eigenvalue weighted by Crippen LogP contribution is -2.02. The van der Waals surface area contributed by atoms with Crippen molar-refractivity contribution in [2.24, 2.45) is 5.10 Å². The molecule has 0 aliphatic carbocycles. The van der Waals surface area contributed by atoms with Crippen LogP contribution in [0.1, 0.15) is 18.1 Å². The van der Waals surface area contributed by atoms with Gasteiger partial charge in [-0.2, -0.15) is 5.10 Å². The van der Waals surface area contributed by atoms with Crippen LogP contribution in [0.3, 0.4) is 0 Å². The molecule has 2 aromatic heterocycles. The van der Waals surface area contributed by atoms with Gasteiger partial charge in [0.15, 0.2) is 0 Å². The van der Waals surface area contributed by atoms with Gasteiger partial charge in [0.05, 0.1) is 17.6 Å². The third kappa shape index (κ3) is 3.19. The fraction of sp³-hybridized carbons (Fsp3) is 0.0952. The van der Waals surface area contributed by atoms with E-state index >= 15 is 0 Å². The number of nitrogens with one attached hydrogen (secondary N) is 1. The van der Waals surface area contributed by atoms with Gasteiger partial charge in [-0.25, -0.2) is 9.97 Å². The average Bonchev–Trinajstić information content (AvgIpc) is 3.21. The van der Waals surface area contributed by atoms with E-state index in [1.54, 1.807) is 12.5 Å². The highest BCUT2D eigenvalue weighted by atomic mass is 15.3. The highest BCUT2D eigenvalue weighted by Crippen LogP contribution is 2.20. The van der Waals surface area contributed by atoms with Gasteiger partial charge in [-0.05, 0) is 49.2 Å². The van der Waals surface area contributed by atoms with Crippen LogP contribution in [0.4, 0.5) is 5.82 Å². The number of aromatic nitrogens is 3. The van der Waals surface area contributed by atoms with E-state index in [4.69, 9.17) is 0 Å². The Labute approximate surface area is 152 Å². The summed E-state index contributed by atoms with van der Waals surface area (Å²) in [6.45, 7) is 4.06. The molecular formula is C21H19N5. The molecule has 1 N–H and O–H groups in total. The van der Waals surface area contributed by atoms with Crippen molar-refractivity contribution in [3.05, 3.63) is 84.4 Å². The van der Waals surface area contributed by atoms with Crippen molar-refractivity contribution < 1.29 is 0 Å². The molecular weight excluding hydrogens is 322 g/mol. The lowest BCUT2D eigenvalue weighted by Gasteiger charge is -2.08. The number of para-hydroxylation sites is 1. The number of hydrazone groups is 1. The maximum atomic E-state index is 4.62. The second-order valence-corrected chi connectivity index (χ2v) is 6.17. The highest BCUT2D eigenvalue weighted by Gasteiger charge is 2.03. The molecule has 128 valence electrons. The van der Waals surface area contributed by atoms with Gasteiger partial charge in [0, 0.05) is 23.5 Å². The highest BCUT2D eigenvalue weighted by molar-refractivity contribution is 5.99. The van der Waals surface area contributed by atoms with E-state index < -0.39 is 0 Å². The third-order valence-electron chi connectivity index (χ3n) is 4.35. The molecule has 26 heavy (non-hydrogen) atoms. The monoisotopic (exact) mass is 341 g/mol. The van der Waals surface area contributed by atoms with Crippen LogP contribution in [0.25, 0.3) is 16.6 Å². The molecule has 0 saturated heterocycles. The van der Waals surface area contributed by atoms with Gasteiger partial charge in [-0.3, -0.25) is 5.43 Å². The molecule has 0 aliphatic rings.